The number of carbonyl (C=O) groups excluding carboxylic acids is 1. The van der Waals surface area contributed by atoms with Gasteiger partial charge in [0.1, 0.15) is 0 Å². The third-order valence-corrected chi connectivity index (χ3v) is 5.86. The van der Waals surface area contributed by atoms with Crippen molar-refractivity contribution in [3.8, 4) is 5.69 Å². The molecule has 1 heterocycles. The van der Waals surface area contributed by atoms with Crippen LogP contribution in [0.15, 0.2) is 90.1 Å². The van der Waals surface area contributed by atoms with E-state index in [1.54, 1.807) is 0 Å². The maximum absolute atomic E-state index is 12.4. The van der Waals surface area contributed by atoms with Crippen molar-refractivity contribution in [1.29, 1.82) is 0 Å². The van der Waals surface area contributed by atoms with Crippen molar-refractivity contribution in [2.24, 2.45) is 0 Å². The number of nitrogens with one attached hydrogen (secondary N) is 2. The minimum atomic E-state index is -0.0534. The Morgan fingerprint density at radius 2 is 1.56 bits per heavy atom. The summed E-state index contributed by atoms with van der Waals surface area (Å²) in [6.07, 6.45) is 0. The van der Waals surface area contributed by atoms with Crippen LogP contribution in [0.3, 0.4) is 0 Å². The number of hydrogen-bond donors (Lipinski definition) is 2. The fourth-order valence-electron chi connectivity index (χ4n) is 3.07. The highest BCUT2D eigenvalue weighted by Gasteiger charge is 2.16. The van der Waals surface area contributed by atoms with E-state index in [2.05, 4.69) is 20.8 Å². The van der Waals surface area contributed by atoms with Crippen LogP contribution in [0.1, 0.15) is 11.4 Å². The minimum absolute atomic E-state index is 0.0534. The molecule has 0 bridgehead atoms. The van der Waals surface area contributed by atoms with Crippen molar-refractivity contribution in [3.63, 3.8) is 0 Å². The normalized spacial score (nSPS) is 10.7. The molecule has 1 amide bonds. The van der Waals surface area contributed by atoms with Gasteiger partial charge in [-0.1, -0.05) is 71.9 Å². The smallest absolute Gasteiger partial charge is 0.230 e. The number of thioether (sulfide) groups is 1. The van der Waals surface area contributed by atoms with E-state index in [1.807, 2.05) is 89.5 Å². The maximum atomic E-state index is 12.4. The Morgan fingerprint density at radius 3 is 2.28 bits per heavy atom. The molecule has 6 nitrogen and oxygen atoms in total. The van der Waals surface area contributed by atoms with Crippen molar-refractivity contribution < 1.29 is 4.79 Å². The SMILES string of the molecule is O=C(CSc1nnc(CNc2ccc(Cl)cc2)n1-c1ccccc1)NCc1ccccc1. The van der Waals surface area contributed by atoms with Gasteiger partial charge in [-0.2, -0.15) is 0 Å². The lowest BCUT2D eigenvalue weighted by atomic mass is 10.2. The monoisotopic (exact) mass is 463 g/mol. The molecule has 0 saturated carbocycles. The minimum Gasteiger partial charge on any atom is -0.378 e. The quantitative estimate of drug-likeness (QED) is 0.344. The molecule has 0 fully saturated rings. The van der Waals surface area contributed by atoms with Gasteiger partial charge in [-0.15, -0.1) is 10.2 Å². The molecule has 0 atom stereocenters. The van der Waals surface area contributed by atoms with Crippen LogP contribution in [0.2, 0.25) is 5.02 Å². The molecule has 3 aromatic carbocycles. The molecule has 0 saturated heterocycles. The Morgan fingerprint density at radius 1 is 0.875 bits per heavy atom. The van der Waals surface area contributed by atoms with E-state index in [1.165, 1.54) is 11.8 Å². The van der Waals surface area contributed by atoms with Crippen LogP contribution in [-0.2, 0) is 17.9 Å². The van der Waals surface area contributed by atoms with Gasteiger partial charge in [0.15, 0.2) is 11.0 Å². The third-order valence-electron chi connectivity index (χ3n) is 4.67. The molecule has 4 rings (SSSR count). The van der Waals surface area contributed by atoms with Gasteiger partial charge < -0.3 is 10.6 Å². The zero-order valence-corrected chi connectivity index (χ0v) is 18.8. The number of amides is 1. The topological polar surface area (TPSA) is 71.8 Å². The molecule has 0 spiro atoms. The number of aromatic nitrogens is 3. The lowest BCUT2D eigenvalue weighted by Crippen LogP contribution is -2.24. The molecule has 0 aliphatic heterocycles. The van der Waals surface area contributed by atoms with Gasteiger partial charge in [0.25, 0.3) is 0 Å². The Labute approximate surface area is 196 Å². The van der Waals surface area contributed by atoms with Crippen LogP contribution in [0, 0.1) is 0 Å². The molecule has 8 heteroatoms. The van der Waals surface area contributed by atoms with Crippen LogP contribution in [-0.4, -0.2) is 26.4 Å². The number of anilines is 1. The van der Waals surface area contributed by atoms with Crippen molar-refractivity contribution in [2.45, 2.75) is 18.2 Å². The zero-order chi connectivity index (χ0) is 22.2. The Bertz CT molecular complexity index is 1150. The summed E-state index contributed by atoms with van der Waals surface area (Å²) in [5, 5.41) is 16.4. The number of nitrogens with zero attached hydrogens (tertiary/aromatic N) is 3. The van der Waals surface area contributed by atoms with E-state index in [0.717, 1.165) is 22.8 Å². The number of benzene rings is 3. The summed E-state index contributed by atoms with van der Waals surface area (Å²) < 4.78 is 1.97. The Kier molecular flexibility index (Phi) is 7.42. The fraction of sp³-hybridized carbons (Fsp3) is 0.125. The molecule has 162 valence electrons. The van der Waals surface area contributed by atoms with E-state index < -0.39 is 0 Å². The number of halogens is 1. The molecular weight excluding hydrogens is 442 g/mol. The molecule has 0 radical (unpaired) electrons. The average molecular weight is 464 g/mol. The van der Waals surface area contributed by atoms with Crippen LogP contribution < -0.4 is 10.6 Å². The molecule has 0 unspecified atom stereocenters. The number of carbonyl (C=O) groups is 1. The van der Waals surface area contributed by atoms with Crippen molar-refractivity contribution in [3.05, 3.63) is 101 Å². The average Bonchev–Trinajstić information content (AvgIpc) is 3.25. The summed E-state index contributed by atoms with van der Waals surface area (Å²) in [7, 11) is 0. The standard InChI is InChI=1S/C24H22ClN5OS/c25-19-11-13-20(14-12-19)26-16-22-28-29-24(30(22)21-9-5-2-6-10-21)32-17-23(31)27-15-18-7-3-1-4-8-18/h1-14,26H,15-17H2,(H,27,31). The molecular formula is C24H22ClN5OS. The van der Waals surface area contributed by atoms with E-state index in [0.29, 0.717) is 23.3 Å². The molecule has 0 aliphatic carbocycles. The van der Waals surface area contributed by atoms with Crippen LogP contribution in [0.25, 0.3) is 5.69 Å². The summed E-state index contributed by atoms with van der Waals surface area (Å²) in [5.41, 5.74) is 2.94. The molecule has 1 aromatic heterocycles. The predicted molar refractivity (Wildman–Crippen MR) is 129 cm³/mol. The van der Waals surface area contributed by atoms with E-state index in [4.69, 9.17) is 11.6 Å². The summed E-state index contributed by atoms with van der Waals surface area (Å²) in [5.74, 6) is 0.947. The highest BCUT2D eigenvalue weighted by atomic mass is 35.5. The highest BCUT2D eigenvalue weighted by molar-refractivity contribution is 7.99. The maximum Gasteiger partial charge on any atom is 0.230 e. The van der Waals surface area contributed by atoms with Crippen LogP contribution in [0.5, 0.6) is 0 Å². The first-order valence-electron chi connectivity index (χ1n) is 10.1. The van der Waals surface area contributed by atoms with Crippen molar-refractivity contribution in [1.82, 2.24) is 20.1 Å². The third kappa shape index (κ3) is 5.90. The van der Waals surface area contributed by atoms with Gasteiger partial charge in [0, 0.05) is 22.9 Å². The van der Waals surface area contributed by atoms with Gasteiger partial charge >= 0.3 is 0 Å². The first-order valence-corrected chi connectivity index (χ1v) is 11.5. The van der Waals surface area contributed by atoms with E-state index >= 15 is 0 Å². The Hall–Kier alpha value is -3.29. The lowest BCUT2D eigenvalue weighted by Gasteiger charge is -2.11. The van der Waals surface area contributed by atoms with E-state index in [-0.39, 0.29) is 11.7 Å². The zero-order valence-electron chi connectivity index (χ0n) is 17.2. The summed E-state index contributed by atoms with van der Waals surface area (Å²) in [6, 6.07) is 27.2. The predicted octanol–water partition coefficient (Wildman–Crippen LogP) is 4.94. The van der Waals surface area contributed by atoms with E-state index in [9.17, 15) is 4.79 Å². The van der Waals surface area contributed by atoms with Crippen molar-refractivity contribution in [2.75, 3.05) is 11.1 Å². The largest absolute Gasteiger partial charge is 0.378 e. The first-order chi connectivity index (χ1) is 15.7. The summed E-state index contributed by atoms with van der Waals surface area (Å²) in [6.45, 7) is 0.978. The number of para-hydroxylation sites is 1. The second-order valence-electron chi connectivity index (χ2n) is 6.98. The van der Waals surface area contributed by atoms with Gasteiger partial charge in [0.05, 0.1) is 12.3 Å². The van der Waals surface area contributed by atoms with Crippen molar-refractivity contribution >= 4 is 35.0 Å². The summed E-state index contributed by atoms with van der Waals surface area (Å²) in [4.78, 5) is 12.4. The second kappa shape index (κ2) is 10.8. The van der Waals surface area contributed by atoms with Crippen LogP contribution >= 0.6 is 23.4 Å². The molecule has 4 aromatic rings. The van der Waals surface area contributed by atoms with Gasteiger partial charge in [-0.05, 0) is 42.0 Å². The lowest BCUT2D eigenvalue weighted by molar-refractivity contribution is -0.118. The van der Waals surface area contributed by atoms with Gasteiger partial charge in [-0.25, -0.2) is 0 Å². The van der Waals surface area contributed by atoms with Crippen LogP contribution in [0.4, 0.5) is 5.69 Å². The molecule has 2 N–H and O–H groups in total. The second-order valence-corrected chi connectivity index (χ2v) is 8.36. The van der Waals surface area contributed by atoms with Gasteiger partial charge in [0.2, 0.25) is 5.91 Å². The Balaban J connectivity index is 1.44. The van der Waals surface area contributed by atoms with Gasteiger partial charge in [-0.3, -0.25) is 9.36 Å². The number of rotatable bonds is 9. The summed E-state index contributed by atoms with van der Waals surface area (Å²) >= 11 is 7.33. The highest BCUT2D eigenvalue weighted by Crippen LogP contribution is 2.23. The fourth-order valence-corrected chi connectivity index (χ4v) is 4.00. The molecule has 0 aliphatic rings. The molecule has 32 heavy (non-hydrogen) atoms. The number of hydrogen-bond acceptors (Lipinski definition) is 5. The first kappa shape index (κ1) is 21.9.